The third-order valence-electron chi connectivity index (χ3n) is 2.93. The molecule has 2 heterocycles. The number of hydrogen-bond acceptors (Lipinski definition) is 3. The number of anilines is 1. The monoisotopic (exact) mass is 325 g/mol. The van der Waals surface area contributed by atoms with Crippen molar-refractivity contribution in [2.75, 3.05) is 11.4 Å². The summed E-state index contributed by atoms with van der Waals surface area (Å²) in [5.41, 5.74) is 2.35. The highest BCUT2D eigenvalue weighted by Gasteiger charge is 2.30. The van der Waals surface area contributed by atoms with E-state index < -0.39 is 0 Å². The fourth-order valence-corrected chi connectivity index (χ4v) is 3.02. The van der Waals surface area contributed by atoms with Gasteiger partial charge in [0.1, 0.15) is 5.52 Å². The highest BCUT2D eigenvalue weighted by molar-refractivity contribution is 9.10. The second kappa shape index (κ2) is 4.48. The minimum atomic E-state index is -0.123. The van der Waals surface area contributed by atoms with Crippen LogP contribution in [0.25, 0.3) is 11.0 Å². The van der Waals surface area contributed by atoms with Crippen LogP contribution in [0.2, 0.25) is 0 Å². The minimum absolute atomic E-state index is 0.0407. The fourth-order valence-electron chi connectivity index (χ4n) is 2.10. The first-order chi connectivity index (χ1) is 8.66. The molecule has 1 aromatic carbocycles. The molecule has 1 aromatic heterocycles. The largest absolute Gasteiger partial charge is 0.310 e. The van der Waals surface area contributed by atoms with Crippen LogP contribution in [0, 0.1) is 0 Å². The molecule has 1 aliphatic rings. The van der Waals surface area contributed by atoms with Crippen LogP contribution in [0.5, 0.6) is 0 Å². The molecule has 0 radical (unpaired) electrons. The van der Waals surface area contributed by atoms with E-state index in [2.05, 4.69) is 25.9 Å². The van der Waals surface area contributed by atoms with Gasteiger partial charge in [-0.1, -0.05) is 0 Å². The standard InChI is InChI=1S/C12H9BrClN3O/c13-11-9(17-6-7(14)5-10(17)18)2-1-8-12(11)16-4-3-15-8/h1-4,7H,5-6H2. The SMILES string of the molecule is O=C1CC(Cl)CN1c1ccc2nccnc2c1Br. The first-order valence-electron chi connectivity index (χ1n) is 5.50. The Bertz CT molecular complexity index is 634. The van der Waals surface area contributed by atoms with Crippen LogP contribution in [0.4, 0.5) is 5.69 Å². The van der Waals surface area contributed by atoms with Gasteiger partial charge in [-0.25, -0.2) is 0 Å². The van der Waals surface area contributed by atoms with Crippen LogP contribution in [-0.2, 0) is 4.79 Å². The first-order valence-corrected chi connectivity index (χ1v) is 6.73. The average molecular weight is 327 g/mol. The maximum Gasteiger partial charge on any atom is 0.228 e. The van der Waals surface area contributed by atoms with E-state index >= 15 is 0 Å². The highest BCUT2D eigenvalue weighted by Crippen LogP contribution is 2.34. The zero-order chi connectivity index (χ0) is 12.7. The topological polar surface area (TPSA) is 46.1 Å². The summed E-state index contributed by atoms with van der Waals surface area (Å²) < 4.78 is 0.784. The number of aromatic nitrogens is 2. The Morgan fingerprint density at radius 3 is 2.83 bits per heavy atom. The number of alkyl halides is 1. The lowest BCUT2D eigenvalue weighted by Gasteiger charge is -2.18. The maximum absolute atomic E-state index is 11.9. The Morgan fingerprint density at radius 1 is 1.33 bits per heavy atom. The summed E-state index contributed by atoms with van der Waals surface area (Å²) in [5, 5.41) is -0.123. The molecule has 18 heavy (non-hydrogen) atoms. The van der Waals surface area contributed by atoms with E-state index in [1.807, 2.05) is 12.1 Å². The third kappa shape index (κ3) is 1.87. The molecular formula is C12H9BrClN3O. The predicted octanol–water partition coefficient (Wildman–Crippen LogP) is 2.74. The van der Waals surface area contributed by atoms with Gasteiger partial charge in [-0.2, -0.15) is 0 Å². The molecule has 0 N–H and O–H groups in total. The van der Waals surface area contributed by atoms with Crippen molar-refractivity contribution in [1.29, 1.82) is 0 Å². The van der Waals surface area contributed by atoms with Crippen LogP contribution in [0.3, 0.4) is 0 Å². The molecule has 0 saturated carbocycles. The Morgan fingerprint density at radius 2 is 2.11 bits per heavy atom. The number of benzene rings is 1. The van der Waals surface area contributed by atoms with Crippen molar-refractivity contribution in [3.63, 3.8) is 0 Å². The van der Waals surface area contributed by atoms with Gasteiger partial charge in [-0.3, -0.25) is 14.8 Å². The Hall–Kier alpha value is -1.20. The van der Waals surface area contributed by atoms with Crippen molar-refractivity contribution in [2.45, 2.75) is 11.8 Å². The molecule has 1 fully saturated rings. The summed E-state index contributed by atoms with van der Waals surface area (Å²) in [6.45, 7) is 0.532. The van der Waals surface area contributed by atoms with E-state index in [4.69, 9.17) is 11.6 Å². The number of hydrogen-bond donors (Lipinski definition) is 0. The van der Waals surface area contributed by atoms with Crippen LogP contribution in [0.1, 0.15) is 6.42 Å². The number of fused-ring (bicyclic) bond motifs is 1. The Balaban J connectivity index is 2.13. The Labute approximate surface area is 117 Å². The van der Waals surface area contributed by atoms with Crippen LogP contribution < -0.4 is 4.90 Å². The molecule has 1 saturated heterocycles. The summed E-state index contributed by atoms with van der Waals surface area (Å²) in [7, 11) is 0. The van der Waals surface area contributed by atoms with E-state index in [9.17, 15) is 4.79 Å². The zero-order valence-electron chi connectivity index (χ0n) is 9.31. The molecule has 1 unspecified atom stereocenters. The number of halogens is 2. The van der Waals surface area contributed by atoms with E-state index in [0.717, 1.165) is 21.2 Å². The summed E-state index contributed by atoms with van der Waals surface area (Å²) in [5.74, 6) is 0.0407. The average Bonchev–Trinajstić information content (AvgIpc) is 2.69. The lowest BCUT2D eigenvalue weighted by atomic mass is 10.2. The van der Waals surface area contributed by atoms with Crippen molar-refractivity contribution in [1.82, 2.24) is 9.97 Å². The predicted molar refractivity (Wildman–Crippen MR) is 73.8 cm³/mol. The summed E-state index contributed by atoms with van der Waals surface area (Å²) in [6, 6.07) is 3.73. The molecule has 4 nitrogen and oxygen atoms in total. The molecular weight excluding hydrogens is 318 g/mol. The van der Waals surface area contributed by atoms with Gasteiger partial charge in [-0.15, -0.1) is 11.6 Å². The number of carbonyl (C=O) groups is 1. The number of carbonyl (C=O) groups excluding carboxylic acids is 1. The van der Waals surface area contributed by atoms with Crippen LogP contribution >= 0.6 is 27.5 Å². The van der Waals surface area contributed by atoms with Gasteiger partial charge in [-0.05, 0) is 28.1 Å². The van der Waals surface area contributed by atoms with Gasteiger partial charge >= 0.3 is 0 Å². The van der Waals surface area contributed by atoms with Crippen molar-refractivity contribution in [3.8, 4) is 0 Å². The van der Waals surface area contributed by atoms with Crippen LogP contribution in [-0.4, -0.2) is 27.8 Å². The quantitative estimate of drug-likeness (QED) is 0.757. The van der Waals surface area contributed by atoms with Gasteiger partial charge in [0.05, 0.1) is 21.1 Å². The molecule has 0 bridgehead atoms. The van der Waals surface area contributed by atoms with E-state index in [-0.39, 0.29) is 11.3 Å². The molecule has 3 rings (SSSR count). The molecule has 0 aliphatic carbocycles. The highest BCUT2D eigenvalue weighted by atomic mass is 79.9. The first kappa shape index (κ1) is 11.9. The molecule has 1 atom stereocenters. The smallest absolute Gasteiger partial charge is 0.228 e. The van der Waals surface area contributed by atoms with Crippen molar-refractivity contribution >= 4 is 50.2 Å². The van der Waals surface area contributed by atoms with E-state index in [1.54, 1.807) is 17.3 Å². The van der Waals surface area contributed by atoms with Gasteiger partial charge < -0.3 is 4.90 Å². The van der Waals surface area contributed by atoms with Crippen LogP contribution in [0.15, 0.2) is 29.0 Å². The number of amides is 1. The molecule has 2 aromatic rings. The summed E-state index contributed by atoms with van der Waals surface area (Å²) in [4.78, 5) is 22.0. The zero-order valence-corrected chi connectivity index (χ0v) is 11.6. The van der Waals surface area contributed by atoms with E-state index in [1.165, 1.54) is 0 Å². The molecule has 92 valence electrons. The number of rotatable bonds is 1. The second-order valence-corrected chi connectivity index (χ2v) is 5.54. The second-order valence-electron chi connectivity index (χ2n) is 4.13. The normalized spacial score (nSPS) is 19.8. The van der Waals surface area contributed by atoms with Crippen molar-refractivity contribution in [3.05, 3.63) is 29.0 Å². The molecule has 6 heteroatoms. The van der Waals surface area contributed by atoms with Gasteiger partial charge in [0.25, 0.3) is 0 Å². The molecule has 1 aliphatic heterocycles. The summed E-state index contributed by atoms with van der Waals surface area (Å²) >= 11 is 9.52. The van der Waals surface area contributed by atoms with Gasteiger partial charge in [0.15, 0.2) is 0 Å². The van der Waals surface area contributed by atoms with E-state index in [0.29, 0.717) is 13.0 Å². The van der Waals surface area contributed by atoms with Crippen molar-refractivity contribution < 1.29 is 4.79 Å². The third-order valence-corrected chi connectivity index (χ3v) is 4.00. The summed E-state index contributed by atoms with van der Waals surface area (Å²) in [6.07, 6.45) is 3.66. The lowest BCUT2D eigenvalue weighted by Crippen LogP contribution is -2.25. The Kier molecular flexibility index (Phi) is 2.95. The molecule has 0 spiro atoms. The minimum Gasteiger partial charge on any atom is -0.310 e. The fraction of sp³-hybridized carbons (Fsp3) is 0.250. The van der Waals surface area contributed by atoms with Gasteiger partial charge in [0.2, 0.25) is 5.91 Å². The lowest BCUT2D eigenvalue weighted by molar-refractivity contribution is -0.117. The number of nitrogens with zero attached hydrogens (tertiary/aromatic N) is 3. The van der Waals surface area contributed by atoms with Crippen molar-refractivity contribution in [2.24, 2.45) is 0 Å². The van der Waals surface area contributed by atoms with Gasteiger partial charge in [0, 0.05) is 25.4 Å². The maximum atomic E-state index is 11.9. The molecule has 1 amide bonds.